The average molecular weight is 475 g/mol. The van der Waals surface area contributed by atoms with E-state index in [2.05, 4.69) is 15.6 Å². The molecule has 0 aliphatic carbocycles. The zero-order valence-corrected chi connectivity index (χ0v) is 18.6. The number of nitrogen functional groups attached to an aromatic ring is 1. The van der Waals surface area contributed by atoms with E-state index >= 15 is 0 Å². The van der Waals surface area contributed by atoms with Crippen LogP contribution in [0.5, 0.6) is 5.75 Å². The molecular formula is C23H21Cl2FN4O2. The second-order valence-electron chi connectivity index (χ2n) is 7.50. The Morgan fingerprint density at radius 1 is 1.28 bits per heavy atom. The van der Waals surface area contributed by atoms with Gasteiger partial charge in [0.1, 0.15) is 11.9 Å². The Morgan fingerprint density at radius 2 is 2.03 bits per heavy atom. The molecule has 32 heavy (non-hydrogen) atoms. The van der Waals surface area contributed by atoms with Crippen LogP contribution in [0.1, 0.15) is 40.6 Å². The van der Waals surface area contributed by atoms with Crippen molar-refractivity contribution in [3.63, 3.8) is 0 Å². The lowest BCUT2D eigenvalue weighted by molar-refractivity contribution is 0.0901. The van der Waals surface area contributed by atoms with E-state index in [9.17, 15) is 9.18 Å². The number of halogens is 3. The Hall–Kier alpha value is -2.87. The number of aromatic nitrogens is 1. The number of nitrogens with two attached hydrogens (primary N) is 1. The molecular weight excluding hydrogens is 454 g/mol. The van der Waals surface area contributed by atoms with Gasteiger partial charge in [-0.15, -0.1) is 0 Å². The van der Waals surface area contributed by atoms with Crippen LogP contribution in [0, 0.1) is 5.82 Å². The number of nitrogens with zero attached hydrogens (tertiary/aromatic N) is 1. The highest BCUT2D eigenvalue weighted by molar-refractivity contribution is 6.36. The Kier molecular flexibility index (Phi) is 6.50. The van der Waals surface area contributed by atoms with Crippen molar-refractivity contribution in [1.29, 1.82) is 0 Å². The first-order valence-corrected chi connectivity index (χ1v) is 10.8. The van der Waals surface area contributed by atoms with E-state index in [1.807, 2.05) is 18.2 Å². The van der Waals surface area contributed by atoms with E-state index in [-0.39, 0.29) is 33.9 Å². The third-order valence-corrected chi connectivity index (χ3v) is 6.08. The Balaban J connectivity index is 1.51. The minimum absolute atomic E-state index is 0.1000. The summed E-state index contributed by atoms with van der Waals surface area (Å²) >= 11 is 12.3. The molecule has 0 radical (unpaired) electrons. The summed E-state index contributed by atoms with van der Waals surface area (Å²) in [6, 6.07) is 13.1. The average Bonchev–Trinajstić information content (AvgIpc) is 2.77. The molecule has 6 nitrogen and oxygen atoms in total. The maximum absolute atomic E-state index is 13.9. The number of rotatable bonds is 6. The van der Waals surface area contributed by atoms with E-state index in [0.29, 0.717) is 23.4 Å². The molecule has 9 heteroatoms. The van der Waals surface area contributed by atoms with Crippen molar-refractivity contribution in [3.8, 4) is 5.75 Å². The molecule has 3 aromatic rings. The highest BCUT2D eigenvalue weighted by atomic mass is 35.5. The van der Waals surface area contributed by atoms with Crippen LogP contribution in [0.15, 0.2) is 54.7 Å². The lowest BCUT2D eigenvalue weighted by Crippen LogP contribution is -2.59. The molecule has 2 aromatic carbocycles. The van der Waals surface area contributed by atoms with Gasteiger partial charge in [0.2, 0.25) is 0 Å². The zero-order valence-electron chi connectivity index (χ0n) is 17.1. The van der Waals surface area contributed by atoms with E-state index < -0.39 is 11.9 Å². The first kappa shape index (κ1) is 22.3. The molecule has 1 fully saturated rings. The first-order chi connectivity index (χ1) is 15.3. The van der Waals surface area contributed by atoms with Gasteiger partial charge in [0.15, 0.2) is 11.6 Å². The van der Waals surface area contributed by atoms with Gasteiger partial charge in [-0.1, -0.05) is 41.4 Å². The van der Waals surface area contributed by atoms with Crippen molar-refractivity contribution < 1.29 is 13.9 Å². The lowest BCUT2D eigenvalue weighted by atomic mass is 9.93. The van der Waals surface area contributed by atoms with Crippen LogP contribution >= 0.6 is 23.2 Å². The third kappa shape index (κ3) is 4.50. The van der Waals surface area contributed by atoms with Gasteiger partial charge < -0.3 is 21.1 Å². The van der Waals surface area contributed by atoms with E-state index in [1.54, 1.807) is 31.3 Å². The molecule has 1 saturated heterocycles. The van der Waals surface area contributed by atoms with Crippen molar-refractivity contribution in [3.05, 3.63) is 87.3 Å². The van der Waals surface area contributed by atoms with Gasteiger partial charge in [0.25, 0.3) is 5.91 Å². The molecule has 0 saturated carbocycles. The smallest absolute Gasteiger partial charge is 0.251 e. The predicted molar refractivity (Wildman–Crippen MR) is 123 cm³/mol. The third-order valence-electron chi connectivity index (χ3n) is 5.36. The first-order valence-electron chi connectivity index (χ1n) is 10.00. The fourth-order valence-corrected chi connectivity index (χ4v) is 4.26. The number of hydrogen-bond donors (Lipinski definition) is 3. The number of benzene rings is 2. The van der Waals surface area contributed by atoms with Crippen LogP contribution < -0.4 is 21.1 Å². The van der Waals surface area contributed by atoms with Crippen molar-refractivity contribution >= 4 is 34.9 Å². The molecule has 4 rings (SSSR count). The number of hydrogen-bond acceptors (Lipinski definition) is 5. The van der Waals surface area contributed by atoms with Crippen molar-refractivity contribution in [2.24, 2.45) is 0 Å². The summed E-state index contributed by atoms with van der Waals surface area (Å²) in [6.45, 7) is 2.32. The molecule has 3 atom stereocenters. The molecule has 4 N–H and O–H groups in total. The molecule has 0 bridgehead atoms. The maximum atomic E-state index is 13.9. The number of carbonyl (C=O) groups excluding carboxylic acids is 1. The Morgan fingerprint density at radius 3 is 2.72 bits per heavy atom. The van der Waals surface area contributed by atoms with Gasteiger partial charge in [0, 0.05) is 28.9 Å². The predicted octanol–water partition coefficient (Wildman–Crippen LogP) is 4.69. The van der Waals surface area contributed by atoms with Gasteiger partial charge in [-0.3, -0.25) is 4.79 Å². The summed E-state index contributed by atoms with van der Waals surface area (Å²) in [4.78, 5) is 16.7. The highest BCUT2D eigenvalue weighted by Crippen LogP contribution is 2.37. The number of pyridine rings is 1. The van der Waals surface area contributed by atoms with Gasteiger partial charge >= 0.3 is 0 Å². The summed E-state index contributed by atoms with van der Waals surface area (Å²) in [5, 5.41) is 6.50. The van der Waals surface area contributed by atoms with Gasteiger partial charge in [-0.25, -0.2) is 9.37 Å². The summed E-state index contributed by atoms with van der Waals surface area (Å²) in [5.74, 6) is -0.246. The van der Waals surface area contributed by atoms with Gasteiger partial charge in [-0.05, 0) is 42.8 Å². The fourth-order valence-electron chi connectivity index (χ4n) is 3.58. The molecule has 166 valence electrons. The number of carbonyl (C=O) groups is 1. The van der Waals surface area contributed by atoms with E-state index in [4.69, 9.17) is 33.7 Å². The molecule has 3 unspecified atom stereocenters. The largest absolute Gasteiger partial charge is 0.482 e. The second kappa shape index (κ2) is 9.32. The standard InChI is InChI=1S/C23H21Cl2FN4O2/c1-12(19-15(24)7-8-16(26)20(19)25)32-18-9-14(10-29-22(18)27)21-17(11-28-21)30-23(31)13-5-3-2-4-6-13/h2-10,12,17,21,28H,11H2,1H3,(H2,27,29)(H,30,31). The number of anilines is 1. The van der Waals surface area contributed by atoms with Gasteiger partial charge in [-0.2, -0.15) is 0 Å². The van der Waals surface area contributed by atoms with E-state index in [1.165, 1.54) is 12.1 Å². The number of amides is 1. The Labute approximate surface area is 194 Å². The lowest BCUT2D eigenvalue weighted by Gasteiger charge is -2.39. The van der Waals surface area contributed by atoms with Crippen LogP contribution in [0.25, 0.3) is 0 Å². The molecule has 1 amide bonds. The minimum Gasteiger partial charge on any atom is -0.482 e. The minimum atomic E-state index is -0.673. The van der Waals surface area contributed by atoms with E-state index in [0.717, 1.165) is 5.56 Å². The second-order valence-corrected chi connectivity index (χ2v) is 8.29. The number of ether oxygens (including phenoxy) is 1. The summed E-state index contributed by atoms with van der Waals surface area (Å²) in [5.41, 5.74) is 7.72. The molecule has 2 heterocycles. The monoisotopic (exact) mass is 474 g/mol. The quantitative estimate of drug-likeness (QED) is 0.450. The summed E-state index contributed by atoms with van der Waals surface area (Å²) in [6.07, 6.45) is 0.959. The van der Waals surface area contributed by atoms with Gasteiger partial charge in [0.05, 0.1) is 17.1 Å². The van der Waals surface area contributed by atoms with Crippen molar-refractivity contribution in [1.82, 2.24) is 15.6 Å². The topological polar surface area (TPSA) is 89.3 Å². The zero-order chi connectivity index (χ0) is 22.8. The molecule has 1 aliphatic rings. The SMILES string of the molecule is CC(Oc1cc(C2NCC2NC(=O)c2ccccc2)cnc1N)c1c(Cl)ccc(F)c1Cl. The summed E-state index contributed by atoms with van der Waals surface area (Å²) < 4.78 is 19.9. The highest BCUT2D eigenvalue weighted by Gasteiger charge is 2.34. The maximum Gasteiger partial charge on any atom is 0.251 e. The number of nitrogens with one attached hydrogen (secondary N) is 2. The Bertz CT molecular complexity index is 1150. The van der Waals surface area contributed by atoms with Crippen molar-refractivity contribution in [2.45, 2.75) is 25.1 Å². The normalized spacial score (nSPS) is 18.5. The molecule has 1 aliphatic heterocycles. The van der Waals surface area contributed by atoms with Crippen LogP contribution in [0.2, 0.25) is 10.0 Å². The van der Waals surface area contributed by atoms with Crippen LogP contribution in [-0.4, -0.2) is 23.5 Å². The fraction of sp³-hybridized carbons (Fsp3) is 0.217. The molecule has 1 aromatic heterocycles. The van der Waals surface area contributed by atoms with Crippen LogP contribution in [0.4, 0.5) is 10.2 Å². The van der Waals surface area contributed by atoms with Crippen LogP contribution in [-0.2, 0) is 0 Å². The van der Waals surface area contributed by atoms with Crippen LogP contribution in [0.3, 0.4) is 0 Å². The molecule has 0 spiro atoms. The van der Waals surface area contributed by atoms with Crippen molar-refractivity contribution in [2.75, 3.05) is 12.3 Å². The summed E-state index contributed by atoms with van der Waals surface area (Å²) in [7, 11) is 0.